The van der Waals surface area contributed by atoms with Gasteiger partial charge < -0.3 is 14.9 Å². The van der Waals surface area contributed by atoms with Gasteiger partial charge in [-0.1, -0.05) is 6.07 Å². The van der Waals surface area contributed by atoms with Crippen molar-refractivity contribution in [2.45, 2.75) is 19.4 Å². The van der Waals surface area contributed by atoms with Gasteiger partial charge in [-0.2, -0.15) is 10.4 Å². The van der Waals surface area contributed by atoms with Crippen LogP contribution in [0, 0.1) is 33.1 Å². The number of aromatic nitrogens is 4. The Bertz CT molecular complexity index is 1520. The maximum Gasteiger partial charge on any atom is 0.406 e. The maximum atomic E-state index is 15.3. The van der Waals surface area contributed by atoms with Crippen LogP contribution in [0.2, 0.25) is 0 Å². The van der Waals surface area contributed by atoms with Crippen LogP contribution in [0.25, 0.3) is 11.3 Å². The van der Waals surface area contributed by atoms with Gasteiger partial charge in [-0.3, -0.25) is 9.67 Å². The van der Waals surface area contributed by atoms with Gasteiger partial charge in [-0.05, 0) is 56.5 Å². The zero-order chi connectivity index (χ0) is 26.0. The lowest BCUT2D eigenvalue weighted by atomic mass is 9.94. The number of hydrogen-bond donors (Lipinski definition) is 0. The summed E-state index contributed by atoms with van der Waals surface area (Å²) in [4.78, 5) is 18.8. The van der Waals surface area contributed by atoms with Crippen molar-refractivity contribution in [3.8, 4) is 23.1 Å². The van der Waals surface area contributed by atoms with E-state index >= 15 is 4.39 Å². The highest BCUT2D eigenvalue weighted by atomic mass is 79.9. The van der Waals surface area contributed by atoms with Crippen LogP contribution in [0.3, 0.4) is 0 Å². The minimum Gasteiger partial charge on any atom is -0.478 e. The number of aryl methyl sites for hydroxylation is 1. The van der Waals surface area contributed by atoms with E-state index in [0.29, 0.717) is 21.4 Å². The molecule has 3 aromatic heterocycles. The Morgan fingerprint density at radius 2 is 2.06 bits per heavy atom. The molecule has 0 saturated carbocycles. The molecule has 1 aromatic carbocycles. The van der Waals surface area contributed by atoms with E-state index in [0.717, 1.165) is 12.1 Å². The summed E-state index contributed by atoms with van der Waals surface area (Å²) >= 11 is 3.20. The number of nitriles is 1. The molecule has 0 N–H and O–H groups in total. The second-order valence-electron chi connectivity index (χ2n) is 7.79. The third kappa shape index (κ3) is 5.06. The van der Waals surface area contributed by atoms with Gasteiger partial charge in [0.25, 0.3) is 0 Å². The van der Waals surface area contributed by atoms with Crippen LogP contribution in [0.4, 0.5) is 14.6 Å². The Kier molecular flexibility index (Phi) is 7.03. The van der Waals surface area contributed by atoms with Crippen LogP contribution in [-0.2, 0) is 13.5 Å². The second kappa shape index (κ2) is 10.2. The Hall–Kier alpha value is -4.24. The molecule has 0 spiro atoms. The average Bonchev–Trinajstić information content (AvgIpc) is 3.18. The van der Waals surface area contributed by atoms with Gasteiger partial charge in [0.2, 0.25) is 5.75 Å². The number of nitro groups is 1. The van der Waals surface area contributed by atoms with Crippen molar-refractivity contribution >= 4 is 21.7 Å². The maximum absolute atomic E-state index is 15.3. The third-order valence-corrected chi connectivity index (χ3v) is 5.78. The highest BCUT2D eigenvalue weighted by molar-refractivity contribution is 9.10. The quantitative estimate of drug-likeness (QED) is 0.220. The van der Waals surface area contributed by atoms with Crippen LogP contribution >= 0.6 is 15.9 Å². The van der Waals surface area contributed by atoms with E-state index in [1.54, 1.807) is 25.2 Å². The fraction of sp³-hybridized carbons (Fsp3) is 0.167. The SMILES string of the molecule is C[C@@H](Oc1cc(Br)cnc1[N+](=O)[O-])c1cc(F)cc(F)c1-c1ncccc1Cc1cc(C#N)n(C)n1. The summed E-state index contributed by atoms with van der Waals surface area (Å²) in [5.41, 5.74) is 1.81. The third-order valence-electron chi connectivity index (χ3n) is 5.34. The molecule has 182 valence electrons. The van der Waals surface area contributed by atoms with Gasteiger partial charge in [0.05, 0.1) is 15.9 Å². The smallest absolute Gasteiger partial charge is 0.406 e. The molecular weight excluding hydrogens is 538 g/mol. The summed E-state index contributed by atoms with van der Waals surface area (Å²) in [5.74, 6) is -2.42. The summed E-state index contributed by atoms with van der Waals surface area (Å²) in [5, 5.41) is 24.9. The van der Waals surface area contributed by atoms with Gasteiger partial charge in [-0.25, -0.2) is 8.78 Å². The first-order valence-electron chi connectivity index (χ1n) is 10.5. The lowest BCUT2D eigenvalue weighted by molar-refractivity contribution is -0.390. The molecular formula is C24H17BrF2N6O3. The molecule has 0 fully saturated rings. The van der Waals surface area contributed by atoms with E-state index in [2.05, 4.69) is 31.0 Å². The van der Waals surface area contributed by atoms with E-state index in [4.69, 9.17) is 4.74 Å². The van der Waals surface area contributed by atoms with E-state index in [1.165, 1.54) is 30.1 Å². The first kappa shape index (κ1) is 24.9. The summed E-state index contributed by atoms with van der Waals surface area (Å²) in [6.45, 7) is 1.52. The number of rotatable bonds is 7. The van der Waals surface area contributed by atoms with Gasteiger partial charge in [-0.15, -0.1) is 0 Å². The number of benzene rings is 1. The highest BCUT2D eigenvalue weighted by Crippen LogP contribution is 2.37. The minimum absolute atomic E-state index is 0.0125. The lowest BCUT2D eigenvalue weighted by Gasteiger charge is -2.20. The number of ether oxygens (including phenoxy) is 1. The van der Waals surface area contributed by atoms with Crippen molar-refractivity contribution < 1.29 is 18.4 Å². The summed E-state index contributed by atoms with van der Waals surface area (Å²) in [6, 6.07) is 10.2. The molecule has 0 saturated heterocycles. The number of pyridine rings is 2. The predicted molar refractivity (Wildman–Crippen MR) is 128 cm³/mol. The normalized spacial score (nSPS) is 11.7. The molecule has 36 heavy (non-hydrogen) atoms. The van der Waals surface area contributed by atoms with Gasteiger partial charge >= 0.3 is 5.82 Å². The number of hydrogen-bond acceptors (Lipinski definition) is 7. The molecule has 12 heteroatoms. The minimum atomic E-state index is -1.02. The van der Waals surface area contributed by atoms with Crippen molar-refractivity contribution in [1.82, 2.24) is 19.7 Å². The molecule has 0 aliphatic rings. The fourth-order valence-electron chi connectivity index (χ4n) is 3.77. The van der Waals surface area contributed by atoms with Crippen LogP contribution < -0.4 is 4.74 Å². The Morgan fingerprint density at radius 1 is 1.28 bits per heavy atom. The Labute approximate surface area is 212 Å². The molecule has 0 aliphatic heterocycles. The monoisotopic (exact) mass is 554 g/mol. The zero-order valence-corrected chi connectivity index (χ0v) is 20.5. The molecule has 4 aromatic rings. The highest BCUT2D eigenvalue weighted by Gasteiger charge is 2.26. The average molecular weight is 555 g/mol. The van der Waals surface area contributed by atoms with Gasteiger partial charge in [0.1, 0.15) is 29.5 Å². The zero-order valence-electron chi connectivity index (χ0n) is 18.9. The molecule has 9 nitrogen and oxygen atoms in total. The fourth-order valence-corrected chi connectivity index (χ4v) is 4.08. The van der Waals surface area contributed by atoms with E-state index < -0.39 is 28.5 Å². The van der Waals surface area contributed by atoms with Crippen LogP contribution in [0.5, 0.6) is 5.75 Å². The van der Waals surface area contributed by atoms with E-state index in [1.807, 2.05) is 6.07 Å². The van der Waals surface area contributed by atoms with Crippen LogP contribution in [-0.4, -0.2) is 24.7 Å². The molecule has 3 heterocycles. The second-order valence-corrected chi connectivity index (χ2v) is 8.70. The van der Waals surface area contributed by atoms with Crippen molar-refractivity contribution in [2.24, 2.45) is 7.05 Å². The van der Waals surface area contributed by atoms with Crippen molar-refractivity contribution in [2.75, 3.05) is 0 Å². The summed E-state index contributed by atoms with van der Waals surface area (Å²) < 4.78 is 37.3. The first-order valence-corrected chi connectivity index (χ1v) is 11.3. The first-order chi connectivity index (χ1) is 17.2. The summed E-state index contributed by atoms with van der Waals surface area (Å²) in [6.07, 6.45) is 1.93. The summed E-state index contributed by atoms with van der Waals surface area (Å²) in [7, 11) is 1.64. The number of nitrogens with zero attached hydrogens (tertiary/aromatic N) is 6. The molecule has 0 aliphatic carbocycles. The molecule has 0 radical (unpaired) electrons. The van der Waals surface area contributed by atoms with Crippen molar-refractivity contribution in [1.29, 1.82) is 5.26 Å². The van der Waals surface area contributed by atoms with Crippen molar-refractivity contribution in [3.63, 3.8) is 0 Å². The molecule has 0 amide bonds. The van der Waals surface area contributed by atoms with Gasteiger partial charge in [0, 0.05) is 42.9 Å². The molecule has 0 unspecified atom stereocenters. The predicted octanol–water partition coefficient (Wildman–Crippen LogP) is 5.43. The number of halogens is 3. The molecule has 0 bridgehead atoms. The topological polar surface area (TPSA) is 120 Å². The lowest BCUT2D eigenvalue weighted by Crippen LogP contribution is -2.10. The van der Waals surface area contributed by atoms with Crippen LogP contribution in [0.1, 0.15) is 35.5 Å². The Morgan fingerprint density at radius 3 is 2.75 bits per heavy atom. The van der Waals surface area contributed by atoms with Gasteiger partial charge in [0.15, 0.2) is 6.20 Å². The Balaban J connectivity index is 1.79. The van der Waals surface area contributed by atoms with E-state index in [-0.39, 0.29) is 29.0 Å². The van der Waals surface area contributed by atoms with E-state index in [9.17, 15) is 19.8 Å². The largest absolute Gasteiger partial charge is 0.478 e. The standard InChI is InChI=1S/C24H17BrF2N6O3/c1-13(36-21-7-15(25)12-30-24(21)33(34)35)19-8-16(26)9-20(27)22(19)23-14(4-3-5-29-23)6-17-10-18(11-28)32(2)31-17/h3-5,7-10,12-13H,6H2,1-2H3/t13-/m1/s1. The van der Waals surface area contributed by atoms with Crippen molar-refractivity contribution in [3.05, 3.63) is 97.5 Å². The molecule has 1 atom stereocenters. The van der Waals surface area contributed by atoms with Crippen LogP contribution in [0.15, 0.2) is 53.3 Å². The molecule has 4 rings (SSSR count).